The number of methoxy groups -OCH3 is 1. The second kappa shape index (κ2) is 8.36. The quantitative estimate of drug-likeness (QED) is 0.545. The number of anilines is 2. The van der Waals surface area contributed by atoms with E-state index in [0.717, 1.165) is 0 Å². The van der Waals surface area contributed by atoms with Gasteiger partial charge < -0.3 is 4.74 Å². The first kappa shape index (κ1) is 21.7. The number of ether oxygens (including phenoxy) is 1. The molecule has 0 amide bonds. The van der Waals surface area contributed by atoms with Crippen LogP contribution in [-0.2, 0) is 26.6 Å². The van der Waals surface area contributed by atoms with Crippen LogP contribution in [0.1, 0.15) is 12.6 Å². The fraction of sp³-hybridized carbons (Fsp3) is 0.211. The molecule has 11 heteroatoms. The minimum absolute atomic E-state index is 0.0219. The molecule has 0 spiro atoms. The van der Waals surface area contributed by atoms with E-state index in [1.165, 1.54) is 42.3 Å². The normalized spacial score (nSPS) is 11.8. The summed E-state index contributed by atoms with van der Waals surface area (Å²) in [5, 5.41) is 4.14. The van der Waals surface area contributed by atoms with E-state index < -0.39 is 20.0 Å². The lowest BCUT2D eigenvalue weighted by atomic mass is 10.3. The van der Waals surface area contributed by atoms with E-state index in [9.17, 15) is 16.8 Å². The highest BCUT2D eigenvalue weighted by Gasteiger charge is 2.21. The molecular weight excluding hydrogens is 428 g/mol. The fourth-order valence-electron chi connectivity index (χ4n) is 2.77. The molecule has 30 heavy (non-hydrogen) atoms. The maximum Gasteiger partial charge on any atom is 0.265 e. The summed E-state index contributed by atoms with van der Waals surface area (Å²) >= 11 is 0. The van der Waals surface area contributed by atoms with Gasteiger partial charge in [-0.2, -0.15) is 5.10 Å². The Morgan fingerprint density at radius 3 is 2.23 bits per heavy atom. The smallest absolute Gasteiger partial charge is 0.265 e. The Morgan fingerprint density at radius 1 is 0.967 bits per heavy atom. The third kappa shape index (κ3) is 4.57. The van der Waals surface area contributed by atoms with E-state index in [4.69, 9.17) is 4.74 Å². The van der Waals surface area contributed by atoms with Crippen molar-refractivity contribution in [2.24, 2.45) is 0 Å². The summed E-state index contributed by atoms with van der Waals surface area (Å²) in [4.78, 5) is 0.0465. The average Bonchev–Trinajstić information content (AvgIpc) is 3.10. The topological polar surface area (TPSA) is 119 Å². The number of benzene rings is 2. The van der Waals surface area contributed by atoms with Crippen LogP contribution in [0.15, 0.2) is 64.5 Å². The van der Waals surface area contributed by atoms with E-state index in [2.05, 4.69) is 14.5 Å². The fourth-order valence-corrected chi connectivity index (χ4v) is 5.09. The Labute approximate surface area is 175 Å². The Morgan fingerprint density at radius 2 is 1.63 bits per heavy atom. The molecule has 160 valence electrons. The number of hydrogen-bond acceptors (Lipinski definition) is 6. The van der Waals surface area contributed by atoms with Crippen molar-refractivity contribution in [3.8, 4) is 5.75 Å². The first-order valence-corrected chi connectivity index (χ1v) is 12.0. The van der Waals surface area contributed by atoms with Crippen molar-refractivity contribution in [2.45, 2.75) is 30.2 Å². The summed E-state index contributed by atoms with van der Waals surface area (Å²) in [5.41, 5.74) is 0.910. The van der Waals surface area contributed by atoms with Gasteiger partial charge in [0.25, 0.3) is 20.0 Å². The van der Waals surface area contributed by atoms with Crippen molar-refractivity contribution < 1.29 is 21.6 Å². The minimum Gasteiger partial charge on any atom is -0.495 e. The SMILES string of the molecule is CCn1cc(S(=O)(=O)Nc2ccc(S(=O)(=O)Nc3ccccc3OC)cc2)c(C)n1. The Balaban J connectivity index is 1.81. The van der Waals surface area contributed by atoms with Crippen LogP contribution in [0.2, 0.25) is 0 Å². The highest BCUT2D eigenvalue weighted by atomic mass is 32.2. The Bertz CT molecular complexity index is 1250. The standard InChI is InChI=1S/C19H22N4O5S2/c1-4-23-13-19(14(2)20-23)30(26,27)21-15-9-11-16(12-10-15)29(24,25)22-17-7-5-6-8-18(17)28-3/h5-13,21-22H,4H2,1-3H3. The molecule has 0 aliphatic carbocycles. The van der Waals surface area contributed by atoms with E-state index in [1.54, 1.807) is 31.2 Å². The van der Waals surface area contributed by atoms with E-state index in [0.29, 0.717) is 23.7 Å². The lowest BCUT2D eigenvalue weighted by Crippen LogP contribution is -2.15. The number of nitrogens with zero attached hydrogens (tertiary/aromatic N) is 2. The molecule has 2 N–H and O–H groups in total. The van der Waals surface area contributed by atoms with E-state index >= 15 is 0 Å². The van der Waals surface area contributed by atoms with E-state index in [1.807, 2.05) is 6.92 Å². The first-order valence-electron chi connectivity index (χ1n) is 8.99. The Hall–Kier alpha value is -3.05. The monoisotopic (exact) mass is 450 g/mol. The number of hydrogen-bond donors (Lipinski definition) is 2. The zero-order valence-electron chi connectivity index (χ0n) is 16.7. The molecule has 0 saturated heterocycles. The van der Waals surface area contributed by atoms with Crippen LogP contribution in [0.3, 0.4) is 0 Å². The van der Waals surface area contributed by atoms with Gasteiger partial charge in [0.05, 0.1) is 23.4 Å². The maximum atomic E-state index is 12.7. The first-order chi connectivity index (χ1) is 14.2. The van der Waals surface area contributed by atoms with Gasteiger partial charge in [-0.3, -0.25) is 14.1 Å². The minimum atomic E-state index is -3.89. The molecule has 0 atom stereocenters. The molecule has 3 aromatic rings. The van der Waals surface area contributed by atoms with Gasteiger partial charge in [0.2, 0.25) is 0 Å². The van der Waals surface area contributed by atoms with Gasteiger partial charge in [0, 0.05) is 18.4 Å². The Kier molecular flexibility index (Phi) is 6.04. The molecule has 0 unspecified atom stereocenters. The third-order valence-corrected chi connectivity index (χ3v) is 7.15. The summed E-state index contributed by atoms with van der Waals surface area (Å²) in [7, 11) is -6.30. The molecular formula is C19H22N4O5S2. The summed E-state index contributed by atoms with van der Waals surface area (Å²) in [6.07, 6.45) is 1.45. The van der Waals surface area contributed by atoms with Crippen LogP contribution in [-0.4, -0.2) is 33.7 Å². The second-order valence-electron chi connectivity index (χ2n) is 6.37. The predicted octanol–water partition coefficient (Wildman–Crippen LogP) is 2.82. The van der Waals surface area contributed by atoms with Crippen LogP contribution in [0, 0.1) is 6.92 Å². The van der Waals surface area contributed by atoms with E-state index in [-0.39, 0.29) is 15.5 Å². The predicted molar refractivity (Wildman–Crippen MR) is 114 cm³/mol. The van der Waals surface area contributed by atoms with Crippen molar-refractivity contribution in [3.63, 3.8) is 0 Å². The molecule has 1 heterocycles. The van der Waals surface area contributed by atoms with Gasteiger partial charge in [-0.05, 0) is 50.2 Å². The van der Waals surface area contributed by atoms with Gasteiger partial charge in [0.1, 0.15) is 10.6 Å². The zero-order chi connectivity index (χ0) is 21.9. The van der Waals surface area contributed by atoms with Crippen molar-refractivity contribution in [1.82, 2.24) is 9.78 Å². The number of sulfonamides is 2. The molecule has 0 radical (unpaired) electrons. The largest absolute Gasteiger partial charge is 0.495 e. The average molecular weight is 451 g/mol. The lowest BCUT2D eigenvalue weighted by molar-refractivity contribution is 0.417. The van der Waals surface area contributed by atoms with Crippen LogP contribution in [0.5, 0.6) is 5.75 Å². The summed E-state index contributed by atoms with van der Waals surface area (Å²) in [6, 6.07) is 12.0. The molecule has 9 nitrogen and oxygen atoms in total. The van der Waals surface area contributed by atoms with Gasteiger partial charge in [-0.1, -0.05) is 12.1 Å². The second-order valence-corrected chi connectivity index (χ2v) is 9.70. The van der Waals surface area contributed by atoms with Crippen molar-refractivity contribution in [1.29, 1.82) is 0 Å². The summed E-state index contributed by atoms with van der Waals surface area (Å²) in [6.45, 7) is 4.01. The molecule has 2 aromatic carbocycles. The summed E-state index contributed by atoms with van der Waals surface area (Å²) in [5.74, 6) is 0.383. The van der Waals surface area contributed by atoms with Crippen LogP contribution in [0.4, 0.5) is 11.4 Å². The maximum absolute atomic E-state index is 12.7. The number of aryl methyl sites for hydroxylation is 2. The third-order valence-electron chi connectivity index (χ3n) is 4.28. The number of rotatable bonds is 8. The van der Waals surface area contributed by atoms with Crippen molar-refractivity contribution in [3.05, 3.63) is 60.4 Å². The van der Waals surface area contributed by atoms with Gasteiger partial charge >= 0.3 is 0 Å². The highest BCUT2D eigenvalue weighted by Crippen LogP contribution is 2.27. The highest BCUT2D eigenvalue weighted by molar-refractivity contribution is 7.93. The van der Waals surface area contributed by atoms with Crippen LogP contribution < -0.4 is 14.2 Å². The summed E-state index contributed by atoms with van der Waals surface area (Å²) < 4.78 is 62.2. The zero-order valence-corrected chi connectivity index (χ0v) is 18.3. The van der Waals surface area contributed by atoms with Gasteiger partial charge in [-0.25, -0.2) is 16.8 Å². The molecule has 1 aromatic heterocycles. The number of nitrogens with one attached hydrogen (secondary N) is 2. The molecule has 0 aliphatic heterocycles. The lowest BCUT2D eigenvalue weighted by Gasteiger charge is -2.12. The number of para-hydroxylation sites is 2. The van der Waals surface area contributed by atoms with Crippen molar-refractivity contribution >= 4 is 31.4 Å². The molecule has 0 saturated carbocycles. The van der Waals surface area contributed by atoms with Crippen LogP contribution >= 0.6 is 0 Å². The van der Waals surface area contributed by atoms with Gasteiger partial charge in [-0.15, -0.1) is 0 Å². The molecule has 0 aliphatic rings. The number of aromatic nitrogens is 2. The van der Waals surface area contributed by atoms with Gasteiger partial charge in [0.15, 0.2) is 0 Å². The molecule has 0 fully saturated rings. The van der Waals surface area contributed by atoms with Crippen molar-refractivity contribution in [2.75, 3.05) is 16.6 Å². The van der Waals surface area contributed by atoms with Crippen LogP contribution in [0.25, 0.3) is 0 Å². The molecule has 3 rings (SSSR count). The molecule has 0 bridgehead atoms.